The molecule has 0 saturated carbocycles. The second kappa shape index (κ2) is 9.62. The SMILES string of the molecule is Cc1ccc(C(C)C)c(OCC(=O)N/N=C\CCc2ccccc2)c1. The van der Waals surface area contributed by atoms with E-state index >= 15 is 0 Å². The molecule has 1 N–H and O–H groups in total. The summed E-state index contributed by atoms with van der Waals surface area (Å²) in [6.45, 7) is 6.18. The minimum Gasteiger partial charge on any atom is -0.483 e. The number of aryl methyl sites for hydroxylation is 2. The number of carbonyl (C=O) groups is 1. The number of hydrazone groups is 1. The lowest BCUT2D eigenvalue weighted by Gasteiger charge is -2.14. The summed E-state index contributed by atoms with van der Waals surface area (Å²) in [6.07, 6.45) is 3.40. The van der Waals surface area contributed by atoms with Crippen molar-refractivity contribution in [3.63, 3.8) is 0 Å². The van der Waals surface area contributed by atoms with Crippen molar-refractivity contribution in [3.05, 3.63) is 65.2 Å². The Morgan fingerprint density at radius 2 is 1.96 bits per heavy atom. The van der Waals surface area contributed by atoms with Crippen LogP contribution in [0, 0.1) is 6.92 Å². The van der Waals surface area contributed by atoms with Gasteiger partial charge in [-0.3, -0.25) is 4.79 Å². The van der Waals surface area contributed by atoms with E-state index in [0.717, 1.165) is 29.7 Å². The summed E-state index contributed by atoms with van der Waals surface area (Å²) in [5.41, 5.74) is 5.97. The molecule has 2 rings (SSSR count). The van der Waals surface area contributed by atoms with Crippen LogP contribution in [0.1, 0.15) is 42.9 Å². The Kier molecular flexibility index (Phi) is 7.20. The average Bonchev–Trinajstić information content (AvgIpc) is 2.60. The van der Waals surface area contributed by atoms with Crippen LogP contribution in [0.15, 0.2) is 53.6 Å². The van der Waals surface area contributed by atoms with Crippen LogP contribution >= 0.6 is 0 Å². The van der Waals surface area contributed by atoms with Crippen molar-refractivity contribution >= 4 is 12.1 Å². The van der Waals surface area contributed by atoms with E-state index in [1.54, 1.807) is 6.21 Å². The lowest BCUT2D eigenvalue weighted by atomic mass is 10.0. The second-order valence-corrected chi connectivity index (χ2v) is 6.36. The maximum atomic E-state index is 11.9. The normalized spacial score (nSPS) is 11.0. The van der Waals surface area contributed by atoms with Crippen molar-refractivity contribution in [1.82, 2.24) is 5.43 Å². The molecule has 1 amide bonds. The predicted octanol–water partition coefficient (Wildman–Crippen LogP) is 4.23. The van der Waals surface area contributed by atoms with Gasteiger partial charge in [0, 0.05) is 6.21 Å². The minimum absolute atomic E-state index is 0.0425. The fourth-order valence-corrected chi connectivity index (χ4v) is 2.48. The van der Waals surface area contributed by atoms with Gasteiger partial charge in [-0.05, 0) is 48.4 Å². The van der Waals surface area contributed by atoms with E-state index in [1.807, 2.05) is 31.2 Å². The van der Waals surface area contributed by atoms with Gasteiger partial charge < -0.3 is 4.74 Å². The van der Waals surface area contributed by atoms with Gasteiger partial charge in [0.2, 0.25) is 0 Å². The first-order chi connectivity index (χ1) is 12.1. The number of hydrogen-bond acceptors (Lipinski definition) is 3. The first kappa shape index (κ1) is 18.7. The first-order valence-corrected chi connectivity index (χ1v) is 8.64. The smallest absolute Gasteiger partial charge is 0.277 e. The molecular formula is C21H26N2O2. The molecule has 0 bridgehead atoms. The van der Waals surface area contributed by atoms with Gasteiger partial charge in [-0.2, -0.15) is 5.10 Å². The molecule has 0 atom stereocenters. The third-order valence-electron chi connectivity index (χ3n) is 3.84. The molecule has 2 aromatic rings. The molecule has 4 heteroatoms. The van der Waals surface area contributed by atoms with E-state index in [4.69, 9.17) is 4.74 Å². The zero-order valence-corrected chi connectivity index (χ0v) is 15.2. The molecule has 0 aromatic heterocycles. The highest BCUT2D eigenvalue weighted by atomic mass is 16.5. The van der Waals surface area contributed by atoms with Gasteiger partial charge >= 0.3 is 0 Å². The highest BCUT2D eigenvalue weighted by molar-refractivity contribution is 5.78. The molecule has 0 fully saturated rings. The van der Waals surface area contributed by atoms with E-state index in [1.165, 1.54) is 5.56 Å². The van der Waals surface area contributed by atoms with Crippen LogP contribution in [0.25, 0.3) is 0 Å². The molecular weight excluding hydrogens is 312 g/mol. The third-order valence-corrected chi connectivity index (χ3v) is 3.84. The predicted molar refractivity (Wildman–Crippen MR) is 102 cm³/mol. The Bertz CT molecular complexity index is 709. The Morgan fingerprint density at radius 1 is 1.20 bits per heavy atom. The average molecular weight is 338 g/mol. The van der Waals surface area contributed by atoms with Crippen molar-refractivity contribution in [2.24, 2.45) is 5.10 Å². The van der Waals surface area contributed by atoms with Gasteiger partial charge in [-0.1, -0.05) is 56.3 Å². The van der Waals surface area contributed by atoms with E-state index in [-0.39, 0.29) is 12.5 Å². The lowest BCUT2D eigenvalue weighted by molar-refractivity contribution is -0.123. The zero-order chi connectivity index (χ0) is 18.1. The minimum atomic E-state index is -0.257. The maximum Gasteiger partial charge on any atom is 0.277 e. The van der Waals surface area contributed by atoms with Gasteiger partial charge in [0.05, 0.1) is 0 Å². The fraction of sp³-hybridized carbons (Fsp3) is 0.333. The summed E-state index contributed by atoms with van der Waals surface area (Å²) in [5.74, 6) is 0.847. The van der Waals surface area contributed by atoms with Crippen LogP contribution in [0.4, 0.5) is 0 Å². The molecule has 0 aliphatic rings. The molecule has 0 radical (unpaired) electrons. The standard InChI is InChI=1S/C21H26N2O2/c1-16(2)19-12-11-17(3)14-20(19)25-15-21(24)23-22-13-7-10-18-8-5-4-6-9-18/h4-6,8-9,11-14,16H,7,10,15H2,1-3H3,(H,23,24)/b22-13-. The largest absolute Gasteiger partial charge is 0.483 e. The summed E-state index contributed by atoms with van der Waals surface area (Å²) >= 11 is 0. The highest BCUT2D eigenvalue weighted by Crippen LogP contribution is 2.27. The summed E-state index contributed by atoms with van der Waals surface area (Å²) in [7, 11) is 0. The van der Waals surface area contributed by atoms with Gasteiger partial charge in [0.1, 0.15) is 5.75 Å². The molecule has 0 heterocycles. The molecule has 25 heavy (non-hydrogen) atoms. The highest BCUT2D eigenvalue weighted by Gasteiger charge is 2.09. The summed E-state index contributed by atoms with van der Waals surface area (Å²) in [5, 5.41) is 3.97. The molecule has 0 aliphatic carbocycles. The van der Waals surface area contributed by atoms with Crippen LogP contribution < -0.4 is 10.2 Å². The van der Waals surface area contributed by atoms with E-state index < -0.39 is 0 Å². The Morgan fingerprint density at radius 3 is 2.68 bits per heavy atom. The molecule has 0 saturated heterocycles. The fourth-order valence-electron chi connectivity index (χ4n) is 2.48. The van der Waals surface area contributed by atoms with E-state index in [0.29, 0.717) is 5.92 Å². The number of ether oxygens (including phenoxy) is 1. The van der Waals surface area contributed by atoms with Gasteiger partial charge in [0.15, 0.2) is 6.61 Å². The lowest BCUT2D eigenvalue weighted by Crippen LogP contribution is -2.24. The Labute approximate surface area is 149 Å². The monoisotopic (exact) mass is 338 g/mol. The van der Waals surface area contributed by atoms with E-state index in [9.17, 15) is 4.79 Å². The number of benzene rings is 2. The molecule has 2 aromatic carbocycles. The molecule has 4 nitrogen and oxygen atoms in total. The van der Waals surface area contributed by atoms with Crippen LogP contribution in [-0.4, -0.2) is 18.7 Å². The maximum absolute atomic E-state index is 11.9. The quantitative estimate of drug-likeness (QED) is 0.578. The Balaban J connectivity index is 1.75. The summed E-state index contributed by atoms with van der Waals surface area (Å²) < 4.78 is 5.68. The number of hydrogen-bond donors (Lipinski definition) is 1. The first-order valence-electron chi connectivity index (χ1n) is 8.64. The van der Waals surface area contributed by atoms with E-state index in [2.05, 4.69) is 48.6 Å². The zero-order valence-electron chi connectivity index (χ0n) is 15.2. The topological polar surface area (TPSA) is 50.7 Å². The second-order valence-electron chi connectivity index (χ2n) is 6.36. The van der Waals surface area contributed by atoms with Crippen molar-refractivity contribution in [1.29, 1.82) is 0 Å². The van der Waals surface area contributed by atoms with Gasteiger partial charge in [-0.15, -0.1) is 0 Å². The Hall–Kier alpha value is -2.62. The van der Waals surface area contributed by atoms with Crippen molar-refractivity contribution in [2.75, 3.05) is 6.61 Å². The van der Waals surface area contributed by atoms with Gasteiger partial charge in [-0.25, -0.2) is 5.43 Å². The van der Waals surface area contributed by atoms with Crippen molar-refractivity contribution in [3.8, 4) is 5.75 Å². The summed E-state index contributed by atoms with van der Waals surface area (Å²) in [6, 6.07) is 16.3. The van der Waals surface area contributed by atoms with Gasteiger partial charge in [0.25, 0.3) is 5.91 Å². The van der Waals surface area contributed by atoms with Crippen LogP contribution in [0.2, 0.25) is 0 Å². The molecule has 132 valence electrons. The van der Waals surface area contributed by atoms with Crippen molar-refractivity contribution < 1.29 is 9.53 Å². The number of nitrogens with zero attached hydrogens (tertiary/aromatic N) is 1. The van der Waals surface area contributed by atoms with Crippen LogP contribution in [0.3, 0.4) is 0 Å². The molecule has 0 unspecified atom stereocenters. The number of carbonyl (C=O) groups excluding carboxylic acids is 1. The molecule has 0 aliphatic heterocycles. The number of rotatable bonds is 8. The number of amides is 1. The summed E-state index contributed by atoms with van der Waals surface area (Å²) in [4.78, 5) is 11.9. The van der Waals surface area contributed by atoms with Crippen LogP contribution in [-0.2, 0) is 11.2 Å². The van der Waals surface area contributed by atoms with Crippen molar-refractivity contribution in [2.45, 2.75) is 39.5 Å². The van der Waals surface area contributed by atoms with Crippen LogP contribution in [0.5, 0.6) is 5.75 Å². The number of nitrogens with one attached hydrogen (secondary N) is 1. The molecule has 0 spiro atoms. The third kappa shape index (κ3) is 6.42.